The molecule has 2 rings (SSSR count). The third kappa shape index (κ3) is 2.66. The molecule has 0 aromatic carbocycles. The number of thiophene rings is 1. The number of carbonyl (C=O) groups excluding carboxylic acids is 1. The number of aromatic nitrogens is 1. The van der Waals surface area contributed by atoms with Gasteiger partial charge < -0.3 is 9.84 Å². The number of rotatable bonds is 4. The molecule has 0 fully saturated rings. The van der Waals surface area contributed by atoms with Crippen LogP contribution in [0.15, 0.2) is 34.3 Å². The molecule has 4 nitrogen and oxygen atoms in total. The molecule has 1 N–H and O–H groups in total. The van der Waals surface area contributed by atoms with Crippen LogP contribution in [-0.4, -0.2) is 17.6 Å². The van der Waals surface area contributed by atoms with Gasteiger partial charge in [-0.1, -0.05) is 11.2 Å². The van der Waals surface area contributed by atoms with Crippen LogP contribution in [0.4, 0.5) is 0 Å². The minimum atomic E-state index is -0.218. The zero-order valence-corrected chi connectivity index (χ0v) is 8.79. The van der Waals surface area contributed by atoms with Gasteiger partial charge >= 0.3 is 0 Å². The van der Waals surface area contributed by atoms with Crippen LogP contribution in [0.1, 0.15) is 15.4 Å². The average Bonchev–Trinajstić information content (AvgIpc) is 2.90. The van der Waals surface area contributed by atoms with E-state index in [0.717, 1.165) is 6.42 Å². The summed E-state index contributed by atoms with van der Waals surface area (Å²) < 4.78 is 4.72. The van der Waals surface area contributed by atoms with Crippen LogP contribution in [0.25, 0.3) is 0 Å². The maximum atomic E-state index is 11.4. The van der Waals surface area contributed by atoms with Crippen LogP contribution in [0.2, 0.25) is 0 Å². The van der Waals surface area contributed by atoms with E-state index in [0.29, 0.717) is 6.54 Å². The van der Waals surface area contributed by atoms with Crippen molar-refractivity contribution in [1.82, 2.24) is 10.5 Å². The van der Waals surface area contributed by atoms with E-state index in [1.54, 1.807) is 17.4 Å². The molecule has 0 atom stereocenters. The molecule has 0 aliphatic rings. The van der Waals surface area contributed by atoms with Crippen molar-refractivity contribution in [3.63, 3.8) is 0 Å². The van der Waals surface area contributed by atoms with Gasteiger partial charge in [0.15, 0.2) is 0 Å². The van der Waals surface area contributed by atoms with Crippen molar-refractivity contribution in [1.29, 1.82) is 0 Å². The molecule has 2 aromatic rings. The quantitative estimate of drug-likeness (QED) is 0.856. The molecule has 0 saturated heterocycles. The summed E-state index contributed by atoms with van der Waals surface area (Å²) in [5, 5.41) is 8.25. The zero-order valence-electron chi connectivity index (χ0n) is 7.97. The van der Waals surface area contributed by atoms with E-state index >= 15 is 0 Å². The zero-order chi connectivity index (χ0) is 10.5. The molecule has 0 unspecified atom stereocenters. The van der Waals surface area contributed by atoms with Crippen LogP contribution in [0.5, 0.6) is 0 Å². The van der Waals surface area contributed by atoms with E-state index in [-0.39, 0.29) is 11.7 Å². The molecule has 1 amide bonds. The van der Waals surface area contributed by atoms with Gasteiger partial charge in [-0.3, -0.25) is 4.79 Å². The second-order valence-corrected chi connectivity index (χ2v) is 3.99. The highest BCUT2D eigenvalue weighted by molar-refractivity contribution is 7.09. The highest BCUT2D eigenvalue weighted by Crippen LogP contribution is 2.08. The third-order valence-electron chi connectivity index (χ3n) is 1.90. The van der Waals surface area contributed by atoms with E-state index in [1.165, 1.54) is 11.1 Å². The molecule has 0 aliphatic carbocycles. The Morgan fingerprint density at radius 2 is 2.47 bits per heavy atom. The molecule has 2 aromatic heterocycles. The molecule has 0 bridgehead atoms. The lowest BCUT2D eigenvalue weighted by atomic mass is 10.3. The predicted octanol–water partition coefficient (Wildman–Crippen LogP) is 1.71. The summed E-state index contributed by atoms with van der Waals surface area (Å²) in [6.07, 6.45) is 2.30. The summed E-state index contributed by atoms with van der Waals surface area (Å²) in [7, 11) is 0. The lowest BCUT2D eigenvalue weighted by Gasteiger charge is -2.00. The number of amides is 1. The lowest BCUT2D eigenvalue weighted by Crippen LogP contribution is -2.25. The minimum Gasteiger partial charge on any atom is -0.351 e. The Morgan fingerprint density at radius 3 is 3.13 bits per heavy atom. The fourth-order valence-electron chi connectivity index (χ4n) is 1.17. The molecular formula is C10H10N2O2S. The third-order valence-corrected chi connectivity index (χ3v) is 2.83. The van der Waals surface area contributed by atoms with Crippen molar-refractivity contribution in [2.75, 3.05) is 6.54 Å². The fraction of sp³-hybridized carbons (Fsp3) is 0.200. The van der Waals surface area contributed by atoms with E-state index in [9.17, 15) is 4.79 Å². The van der Waals surface area contributed by atoms with E-state index in [2.05, 4.69) is 10.5 Å². The summed E-state index contributed by atoms with van der Waals surface area (Å²) in [6.45, 7) is 0.611. The number of nitrogens with one attached hydrogen (secondary N) is 1. The molecule has 15 heavy (non-hydrogen) atoms. The van der Waals surface area contributed by atoms with Gasteiger partial charge in [0.1, 0.15) is 0 Å². The van der Waals surface area contributed by atoms with Crippen molar-refractivity contribution >= 4 is 17.2 Å². The van der Waals surface area contributed by atoms with Crippen LogP contribution < -0.4 is 5.32 Å². The molecule has 0 radical (unpaired) electrons. The Hall–Kier alpha value is -1.62. The minimum absolute atomic E-state index is 0.218. The number of hydrogen-bond donors (Lipinski definition) is 1. The van der Waals surface area contributed by atoms with Crippen LogP contribution in [0, 0.1) is 0 Å². The first-order valence-corrected chi connectivity index (χ1v) is 5.45. The Kier molecular flexibility index (Phi) is 3.14. The highest BCUT2D eigenvalue weighted by atomic mass is 32.1. The highest BCUT2D eigenvalue weighted by Gasteiger charge is 2.08. The molecule has 0 saturated carbocycles. The second-order valence-electron chi connectivity index (χ2n) is 2.96. The van der Waals surface area contributed by atoms with Crippen molar-refractivity contribution in [2.24, 2.45) is 0 Å². The van der Waals surface area contributed by atoms with Gasteiger partial charge in [0, 0.05) is 17.5 Å². The van der Waals surface area contributed by atoms with Gasteiger partial charge in [-0.2, -0.15) is 0 Å². The first-order valence-electron chi connectivity index (χ1n) is 4.57. The van der Waals surface area contributed by atoms with Gasteiger partial charge in [-0.25, -0.2) is 0 Å². The van der Waals surface area contributed by atoms with Crippen LogP contribution in [-0.2, 0) is 6.42 Å². The molecular weight excluding hydrogens is 212 g/mol. The van der Waals surface area contributed by atoms with Crippen molar-refractivity contribution in [2.45, 2.75) is 6.42 Å². The summed E-state index contributed by atoms with van der Waals surface area (Å²) in [5.74, 6) is 0.0326. The second kappa shape index (κ2) is 4.75. The summed E-state index contributed by atoms with van der Waals surface area (Å²) in [5.41, 5.74) is 0. The lowest BCUT2D eigenvalue weighted by molar-refractivity contribution is 0.0917. The number of carbonyl (C=O) groups is 1. The Bertz CT molecular complexity index is 409. The summed E-state index contributed by atoms with van der Waals surface area (Å²) in [4.78, 5) is 12.7. The predicted molar refractivity (Wildman–Crippen MR) is 56.9 cm³/mol. The Labute approximate surface area is 90.9 Å². The maximum absolute atomic E-state index is 11.4. The van der Waals surface area contributed by atoms with E-state index in [4.69, 9.17) is 4.52 Å². The summed E-state index contributed by atoms with van der Waals surface area (Å²) in [6, 6.07) is 5.59. The monoisotopic (exact) mass is 222 g/mol. The largest absolute Gasteiger partial charge is 0.351 e. The molecule has 5 heteroatoms. The first-order chi connectivity index (χ1) is 7.36. The smallest absolute Gasteiger partial charge is 0.289 e. The molecule has 78 valence electrons. The van der Waals surface area contributed by atoms with Crippen LogP contribution >= 0.6 is 11.3 Å². The van der Waals surface area contributed by atoms with Crippen molar-refractivity contribution < 1.29 is 9.32 Å². The maximum Gasteiger partial charge on any atom is 0.289 e. The van der Waals surface area contributed by atoms with Gasteiger partial charge in [0.2, 0.25) is 5.76 Å². The average molecular weight is 222 g/mol. The first kappa shape index (κ1) is 9.92. The normalized spacial score (nSPS) is 10.1. The van der Waals surface area contributed by atoms with Gasteiger partial charge in [-0.15, -0.1) is 11.3 Å². The Morgan fingerprint density at radius 1 is 1.53 bits per heavy atom. The van der Waals surface area contributed by atoms with Gasteiger partial charge in [0.25, 0.3) is 5.91 Å². The standard InChI is InChI=1S/C10H10N2O2S/c13-10(9-4-6-12-14-9)11-5-3-8-2-1-7-15-8/h1-2,4,6-7H,3,5H2,(H,11,13). The number of hydrogen-bond acceptors (Lipinski definition) is 4. The van der Waals surface area contributed by atoms with Gasteiger partial charge in [0.05, 0.1) is 6.20 Å². The van der Waals surface area contributed by atoms with Crippen LogP contribution in [0.3, 0.4) is 0 Å². The van der Waals surface area contributed by atoms with Crippen molar-refractivity contribution in [3.05, 3.63) is 40.4 Å². The fourth-order valence-corrected chi connectivity index (χ4v) is 1.88. The molecule has 0 aliphatic heterocycles. The SMILES string of the molecule is O=C(NCCc1cccs1)c1ccno1. The topological polar surface area (TPSA) is 55.1 Å². The Balaban J connectivity index is 1.77. The van der Waals surface area contributed by atoms with Gasteiger partial charge in [-0.05, 0) is 17.9 Å². The summed E-state index contributed by atoms with van der Waals surface area (Å²) >= 11 is 1.68. The van der Waals surface area contributed by atoms with Crippen molar-refractivity contribution in [3.8, 4) is 0 Å². The molecule has 2 heterocycles. The van der Waals surface area contributed by atoms with E-state index in [1.807, 2.05) is 17.5 Å². The molecule has 0 spiro atoms. The number of nitrogens with zero attached hydrogens (tertiary/aromatic N) is 1. The van der Waals surface area contributed by atoms with E-state index < -0.39 is 0 Å².